The van der Waals surface area contributed by atoms with Crippen molar-refractivity contribution in [2.45, 2.75) is 52.9 Å². The predicted octanol–water partition coefficient (Wildman–Crippen LogP) is 3.90. The first kappa shape index (κ1) is 14.4. The van der Waals surface area contributed by atoms with E-state index in [0.717, 1.165) is 18.9 Å². The Kier molecular flexibility index (Phi) is 4.51. The topological polar surface area (TPSA) is 35.2 Å². The minimum Gasteiger partial charge on any atom is -0.492 e. The maximum Gasteiger partial charge on any atom is 0.125 e. The maximum absolute atomic E-state index is 6.20. The molecule has 19 heavy (non-hydrogen) atoms. The lowest BCUT2D eigenvalue weighted by molar-refractivity contribution is 0.104. The average Bonchev–Trinajstić information content (AvgIpc) is 2.44. The van der Waals surface area contributed by atoms with E-state index in [1.165, 1.54) is 48.8 Å². The second-order valence-corrected chi connectivity index (χ2v) is 6.21. The van der Waals surface area contributed by atoms with Crippen LogP contribution in [0.2, 0.25) is 0 Å². The SMILES string of the molecule is Cc1ccc(C)c(OCC2(CN)CCCCC2)c1C. The number of nitrogens with two attached hydrogens (primary N) is 1. The van der Waals surface area contributed by atoms with Crippen LogP contribution in [0, 0.1) is 26.2 Å². The summed E-state index contributed by atoms with van der Waals surface area (Å²) in [5.41, 5.74) is 10.0. The summed E-state index contributed by atoms with van der Waals surface area (Å²) in [6, 6.07) is 4.31. The third kappa shape index (κ3) is 3.11. The van der Waals surface area contributed by atoms with E-state index >= 15 is 0 Å². The van der Waals surface area contributed by atoms with Crippen molar-refractivity contribution < 1.29 is 4.74 Å². The fourth-order valence-corrected chi connectivity index (χ4v) is 3.08. The minimum atomic E-state index is 0.209. The van der Waals surface area contributed by atoms with Gasteiger partial charge in [-0.1, -0.05) is 31.4 Å². The summed E-state index contributed by atoms with van der Waals surface area (Å²) < 4.78 is 6.20. The van der Waals surface area contributed by atoms with Gasteiger partial charge in [-0.05, 0) is 50.3 Å². The summed E-state index contributed by atoms with van der Waals surface area (Å²) in [6.45, 7) is 7.93. The minimum absolute atomic E-state index is 0.209. The van der Waals surface area contributed by atoms with Crippen molar-refractivity contribution in [1.82, 2.24) is 0 Å². The third-order valence-corrected chi connectivity index (χ3v) is 4.74. The molecule has 2 N–H and O–H groups in total. The summed E-state index contributed by atoms with van der Waals surface area (Å²) >= 11 is 0. The van der Waals surface area contributed by atoms with Gasteiger partial charge in [0.2, 0.25) is 0 Å². The molecule has 0 atom stereocenters. The maximum atomic E-state index is 6.20. The lowest BCUT2D eigenvalue weighted by atomic mass is 9.75. The quantitative estimate of drug-likeness (QED) is 0.892. The molecule has 1 aliphatic rings. The van der Waals surface area contributed by atoms with Gasteiger partial charge in [-0.25, -0.2) is 0 Å². The summed E-state index contributed by atoms with van der Waals surface area (Å²) in [4.78, 5) is 0. The van der Waals surface area contributed by atoms with Gasteiger partial charge < -0.3 is 10.5 Å². The van der Waals surface area contributed by atoms with Crippen molar-refractivity contribution >= 4 is 0 Å². The zero-order chi connectivity index (χ0) is 13.9. The van der Waals surface area contributed by atoms with E-state index < -0.39 is 0 Å². The van der Waals surface area contributed by atoms with Crippen LogP contribution < -0.4 is 10.5 Å². The molecule has 0 bridgehead atoms. The molecular formula is C17H27NO. The van der Waals surface area contributed by atoms with Gasteiger partial charge in [0.15, 0.2) is 0 Å². The molecule has 106 valence electrons. The van der Waals surface area contributed by atoms with Crippen LogP contribution in [-0.2, 0) is 0 Å². The fraction of sp³-hybridized carbons (Fsp3) is 0.647. The first-order valence-corrected chi connectivity index (χ1v) is 7.48. The van der Waals surface area contributed by atoms with E-state index in [1.807, 2.05) is 0 Å². The molecule has 0 spiro atoms. The molecule has 2 nitrogen and oxygen atoms in total. The Labute approximate surface area is 117 Å². The Morgan fingerprint density at radius 3 is 2.32 bits per heavy atom. The van der Waals surface area contributed by atoms with Crippen LogP contribution in [0.1, 0.15) is 48.8 Å². The summed E-state index contributed by atoms with van der Waals surface area (Å²) in [6.07, 6.45) is 6.38. The van der Waals surface area contributed by atoms with Crippen LogP contribution in [0.15, 0.2) is 12.1 Å². The Hall–Kier alpha value is -1.02. The molecule has 2 heteroatoms. The molecule has 1 saturated carbocycles. The summed E-state index contributed by atoms with van der Waals surface area (Å²) in [5.74, 6) is 1.07. The number of benzene rings is 1. The van der Waals surface area contributed by atoms with Gasteiger partial charge in [-0.2, -0.15) is 0 Å². The van der Waals surface area contributed by atoms with E-state index in [1.54, 1.807) is 0 Å². The molecule has 2 rings (SSSR count). The van der Waals surface area contributed by atoms with Crippen LogP contribution in [-0.4, -0.2) is 13.2 Å². The second-order valence-electron chi connectivity index (χ2n) is 6.21. The van der Waals surface area contributed by atoms with Crippen LogP contribution in [0.4, 0.5) is 0 Å². The van der Waals surface area contributed by atoms with Crippen LogP contribution in [0.5, 0.6) is 5.75 Å². The molecule has 0 unspecified atom stereocenters. The standard InChI is InChI=1S/C17H27NO/c1-13-7-8-14(2)16(15(13)3)19-12-17(11-18)9-5-4-6-10-17/h7-8H,4-6,9-12,18H2,1-3H3. The van der Waals surface area contributed by atoms with E-state index in [-0.39, 0.29) is 5.41 Å². The number of rotatable bonds is 4. The zero-order valence-corrected chi connectivity index (χ0v) is 12.6. The van der Waals surface area contributed by atoms with E-state index in [0.29, 0.717) is 0 Å². The van der Waals surface area contributed by atoms with Gasteiger partial charge in [0.1, 0.15) is 5.75 Å². The summed E-state index contributed by atoms with van der Waals surface area (Å²) in [5, 5.41) is 0. The molecule has 1 aliphatic carbocycles. The van der Waals surface area contributed by atoms with Crippen molar-refractivity contribution in [2.75, 3.05) is 13.2 Å². The molecule has 0 saturated heterocycles. The van der Waals surface area contributed by atoms with E-state index in [2.05, 4.69) is 32.9 Å². The van der Waals surface area contributed by atoms with Gasteiger partial charge >= 0.3 is 0 Å². The Balaban J connectivity index is 2.11. The molecule has 0 radical (unpaired) electrons. The highest BCUT2D eigenvalue weighted by Crippen LogP contribution is 2.37. The number of ether oxygens (including phenoxy) is 1. The molecule has 0 heterocycles. The fourth-order valence-electron chi connectivity index (χ4n) is 3.08. The summed E-state index contributed by atoms with van der Waals surface area (Å²) in [7, 11) is 0. The normalized spacial score (nSPS) is 18.3. The van der Waals surface area contributed by atoms with Gasteiger partial charge in [0.05, 0.1) is 6.61 Å². The first-order valence-electron chi connectivity index (χ1n) is 7.48. The Bertz CT molecular complexity index is 433. The highest BCUT2D eigenvalue weighted by molar-refractivity contribution is 5.44. The van der Waals surface area contributed by atoms with Crippen molar-refractivity contribution in [3.8, 4) is 5.75 Å². The predicted molar refractivity (Wildman–Crippen MR) is 80.7 cm³/mol. The Morgan fingerprint density at radius 1 is 1.05 bits per heavy atom. The van der Waals surface area contributed by atoms with Crippen molar-refractivity contribution in [3.63, 3.8) is 0 Å². The smallest absolute Gasteiger partial charge is 0.125 e. The van der Waals surface area contributed by atoms with Gasteiger partial charge in [-0.3, -0.25) is 0 Å². The van der Waals surface area contributed by atoms with Gasteiger partial charge in [-0.15, -0.1) is 0 Å². The van der Waals surface area contributed by atoms with E-state index in [9.17, 15) is 0 Å². The first-order chi connectivity index (χ1) is 9.08. The molecule has 0 aliphatic heterocycles. The average molecular weight is 261 g/mol. The second kappa shape index (κ2) is 5.96. The lowest BCUT2D eigenvalue weighted by Gasteiger charge is -2.36. The van der Waals surface area contributed by atoms with Crippen LogP contribution in [0.3, 0.4) is 0 Å². The molecule has 0 amide bonds. The molecular weight excluding hydrogens is 234 g/mol. The highest BCUT2D eigenvalue weighted by atomic mass is 16.5. The number of aryl methyl sites for hydroxylation is 2. The molecule has 0 aromatic heterocycles. The monoisotopic (exact) mass is 261 g/mol. The lowest BCUT2D eigenvalue weighted by Crippen LogP contribution is -2.38. The van der Waals surface area contributed by atoms with Crippen molar-refractivity contribution in [3.05, 3.63) is 28.8 Å². The Morgan fingerprint density at radius 2 is 1.68 bits per heavy atom. The third-order valence-electron chi connectivity index (χ3n) is 4.74. The van der Waals surface area contributed by atoms with Gasteiger partial charge in [0.25, 0.3) is 0 Å². The number of hydrogen-bond donors (Lipinski definition) is 1. The molecule has 1 fully saturated rings. The molecule has 1 aromatic rings. The highest BCUT2D eigenvalue weighted by Gasteiger charge is 2.31. The van der Waals surface area contributed by atoms with Crippen LogP contribution >= 0.6 is 0 Å². The number of hydrogen-bond acceptors (Lipinski definition) is 2. The van der Waals surface area contributed by atoms with E-state index in [4.69, 9.17) is 10.5 Å². The van der Waals surface area contributed by atoms with Crippen LogP contribution in [0.25, 0.3) is 0 Å². The van der Waals surface area contributed by atoms with Crippen molar-refractivity contribution in [2.24, 2.45) is 11.1 Å². The van der Waals surface area contributed by atoms with Gasteiger partial charge in [0, 0.05) is 12.0 Å². The van der Waals surface area contributed by atoms with Crippen molar-refractivity contribution in [1.29, 1.82) is 0 Å². The zero-order valence-electron chi connectivity index (χ0n) is 12.6. The molecule has 1 aromatic carbocycles. The largest absolute Gasteiger partial charge is 0.492 e.